The van der Waals surface area contributed by atoms with E-state index in [4.69, 9.17) is 47.4 Å². The zero-order valence-corrected chi connectivity index (χ0v) is 40.8. The van der Waals surface area contributed by atoms with Gasteiger partial charge in [0.2, 0.25) is 0 Å². The van der Waals surface area contributed by atoms with Crippen LogP contribution in [-0.2, 0) is 0 Å². The minimum atomic E-state index is -0.462. The molecule has 0 aromatic heterocycles. The van der Waals surface area contributed by atoms with Gasteiger partial charge in [-0.05, 0) is 71.8 Å². The Hall–Kier alpha value is -8.80. The summed E-state index contributed by atoms with van der Waals surface area (Å²) in [6, 6.07) is 26.1. The second kappa shape index (κ2) is 22.3. The first-order valence-electron chi connectivity index (χ1n) is 21.2. The van der Waals surface area contributed by atoms with Gasteiger partial charge in [-0.25, -0.2) is 0 Å². The fraction of sp³-hybridized carbons (Fsp3) is 0.231. The minimum absolute atomic E-state index is 0.222. The Balaban J connectivity index is 1.16. The van der Waals surface area contributed by atoms with E-state index in [1.165, 1.54) is 105 Å². The van der Waals surface area contributed by atoms with E-state index in [9.17, 15) is 19.2 Å². The number of nitrogens with one attached hydrogen (secondary N) is 2. The van der Waals surface area contributed by atoms with Gasteiger partial charge >= 0.3 is 0 Å². The first kappa shape index (κ1) is 50.6. The summed E-state index contributed by atoms with van der Waals surface area (Å²) in [4.78, 5) is 57.6. The summed E-state index contributed by atoms with van der Waals surface area (Å²) in [7, 11) is 17.8. The molecule has 6 aromatic carbocycles. The molecule has 0 aliphatic carbocycles. The SMILES string of the molecule is COc1cc(-c2ccc(NC(=O)c3ccc(N(C)C(=O)c4cc(OC)c(OC)cc4OC)c(OC)c3)c(OC)c2)ccc1NC(=O)c1ccc(N(C)C(=O)c2cc(OC)c(OC)cc2OC)c(OC)c1. The molecule has 0 fully saturated rings. The van der Waals surface area contributed by atoms with Gasteiger partial charge in [0.05, 0.1) is 105 Å². The van der Waals surface area contributed by atoms with Crippen molar-refractivity contribution in [3.05, 3.63) is 119 Å². The molecule has 0 aliphatic heterocycles. The summed E-state index contributed by atoms with van der Waals surface area (Å²) in [5, 5.41) is 5.80. The summed E-state index contributed by atoms with van der Waals surface area (Å²) < 4.78 is 55.1. The number of hydrogen-bond acceptors (Lipinski definition) is 14. The van der Waals surface area contributed by atoms with E-state index in [2.05, 4.69) is 10.6 Å². The summed E-state index contributed by atoms with van der Waals surface area (Å²) in [5.74, 6) is 1.55. The van der Waals surface area contributed by atoms with Crippen molar-refractivity contribution < 1.29 is 66.5 Å². The van der Waals surface area contributed by atoms with E-state index in [1.54, 1.807) is 86.9 Å². The molecule has 6 rings (SSSR count). The van der Waals surface area contributed by atoms with E-state index in [0.717, 1.165) is 11.1 Å². The molecule has 0 spiro atoms. The van der Waals surface area contributed by atoms with Gasteiger partial charge in [-0.2, -0.15) is 0 Å². The van der Waals surface area contributed by atoms with Crippen molar-refractivity contribution in [1.29, 1.82) is 0 Å². The molecule has 4 amide bonds. The molecule has 2 N–H and O–H groups in total. The zero-order chi connectivity index (χ0) is 50.8. The van der Waals surface area contributed by atoms with E-state index in [0.29, 0.717) is 57.2 Å². The summed E-state index contributed by atoms with van der Waals surface area (Å²) in [6.07, 6.45) is 0. The van der Waals surface area contributed by atoms with Gasteiger partial charge in [-0.15, -0.1) is 0 Å². The molecule has 0 bridgehead atoms. The topological polar surface area (TPSA) is 191 Å². The van der Waals surface area contributed by atoms with Crippen LogP contribution in [0.4, 0.5) is 22.7 Å². The maximum absolute atomic E-state index is 13.8. The number of carbonyl (C=O) groups excluding carboxylic acids is 4. The van der Waals surface area contributed by atoms with Crippen molar-refractivity contribution in [3.8, 4) is 68.6 Å². The second-order valence-corrected chi connectivity index (χ2v) is 15.1. The number of ether oxygens (including phenoxy) is 10. The van der Waals surface area contributed by atoms with E-state index >= 15 is 0 Å². The van der Waals surface area contributed by atoms with Crippen LogP contribution in [0.3, 0.4) is 0 Å². The Morgan fingerprint density at radius 1 is 0.343 bits per heavy atom. The van der Waals surface area contributed by atoms with Crippen molar-refractivity contribution in [3.63, 3.8) is 0 Å². The number of anilines is 4. The van der Waals surface area contributed by atoms with Crippen LogP contribution in [0.5, 0.6) is 57.5 Å². The Labute approximate surface area is 405 Å². The predicted molar refractivity (Wildman–Crippen MR) is 265 cm³/mol. The lowest BCUT2D eigenvalue weighted by Gasteiger charge is -2.22. The van der Waals surface area contributed by atoms with E-state index < -0.39 is 23.6 Å². The largest absolute Gasteiger partial charge is 0.496 e. The van der Waals surface area contributed by atoms with Gasteiger partial charge in [-0.3, -0.25) is 19.2 Å². The Bertz CT molecular complexity index is 2740. The molecule has 0 atom stereocenters. The summed E-state index contributed by atoms with van der Waals surface area (Å²) >= 11 is 0. The number of amides is 4. The fourth-order valence-electron chi connectivity index (χ4n) is 7.50. The average molecular weight is 959 g/mol. The fourth-order valence-corrected chi connectivity index (χ4v) is 7.50. The highest BCUT2D eigenvalue weighted by Crippen LogP contribution is 2.40. The lowest BCUT2D eigenvalue weighted by molar-refractivity contribution is 0.0981. The number of benzene rings is 6. The van der Waals surface area contributed by atoms with Crippen LogP contribution >= 0.6 is 0 Å². The lowest BCUT2D eigenvalue weighted by atomic mass is 10.0. The Morgan fingerprint density at radius 2 is 0.657 bits per heavy atom. The monoisotopic (exact) mass is 958 g/mol. The van der Waals surface area contributed by atoms with Crippen LogP contribution in [0, 0.1) is 0 Å². The van der Waals surface area contributed by atoms with Crippen LogP contribution in [-0.4, -0.2) is 109 Å². The molecule has 0 heterocycles. The molecule has 18 heteroatoms. The smallest absolute Gasteiger partial charge is 0.262 e. The Kier molecular flexibility index (Phi) is 16.1. The maximum atomic E-state index is 13.8. The molecule has 0 saturated heterocycles. The highest BCUT2D eigenvalue weighted by atomic mass is 16.5. The van der Waals surface area contributed by atoms with Gasteiger partial charge in [0.25, 0.3) is 23.6 Å². The molecule has 70 heavy (non-hydrogen) atoms. The van der Waals surface area contributed by atoms with Crippen LogP contribution in [0.1, 0.15) is 41.4 Å². The van der Waals surface area contributed by atoms with Crippen molar-refractivity contribution in [2.24, 2.45) is 0 Å². The van der Waals surface area contributed by atoms with Crippen LogP contribution in [0.2, 0.25) is 0 Å². The third-order valence-electron chi connectivity index (χ3n) is 11.3. The van der Waals surface area contributed by atoms with Crippen LogP contribution < -0.4 is 67.8 Å². The van der Waals surface area contributed by atoms with Gasteiger partial charge in [-0.1, -0.05) is 12.1 Å². The number of carbonyl (C=O) groups is 4. The molecular formula is C52H54N4O14. The third-order valence-corrected chi connectivity index (χ3v) is 11.3. The molecule has 366 valence electrons. The van der Waals surface area contributed by atoms with Gasteiger partial charge < -0.3 is 67.8 Å². The number of rotatable bonds is 19. The number of nitrogens with zero attached hydrogens (tertiary/aromatic N) is 2. The Morgan fingerprint density at radius 3 is 0.971 bits per heavy atom. The molecular weight excluding hydrogens is 905 g/mol. The maximum Gasteiger partial charge on any atom is 0.262 e. The van der Waals surface area contributed by atoms with Gasteiger partial charge in [0.1, 0.15) is 34.5 Å². The zero-order valence-electron chi connectivity index (χ0n) is 40.8. The standard InChI is InChI=1S/C52H54N4O14/c1-55(51(59)33-25-45(67-9)47(69-11)27-39(33)61-3)37-19-15-31(23-43(37)65-7)49(57)53-35-17-13-29(21-41(35)63-5)30-14-18-36(42(22-30)64-6)54-50(58)32-16-20-38(44(24-32)66-8)56(2)52(60)34-26-46(68-10)48(70-12)28-40(34)62-4/h13-28H,1-12H3,(H,53,57)(H,54,58). The molecule has 0 aliphatic rings. The van der Waals surface area contributed by atoms with Crippen molar-refractivity contribution >= 4 is 46.4 Å². The van der Waals surface area contributed by atoms with Gasteiger partial charge in [0.15, 0.2) is 23.0 Å². The van der Waals surface area contributed by atoms with E-state index in [-0.39, 0.29) is 45.3 Å². The minimum Gasteiger partial charge on any atom is -0.496 e. The summed E-state index contributed by atoms with van der Waals surface area (Å²) in [6.45, 7) is 0. The molecule has 0 unspecified atom stereocenters. The highest BCUT2D eigenvalue weighted by molar-refractivity contribution is 6.11. The quantitative estimate of drug-likeness (QED) is 0.0786. The molecule has 0 radical (unpaired) electrons. The first-order valence-corrected chi connectivity index (χ1v) is 21.2. The third kappa shape index (κ3) is 10.3. The molecule has 0 saturated carbocycles. The van der Waals surface area contributed by atoms with Crippen molar-refractivity contribution in [2.75, 3.05) is 106 Å². The average Bonchev–Trinajstić information content (AvgIpc) is 3.40. The van der Waals surface area contributed by atoms with Gasteiger partial charge in [0, 0.05) is 49.5 Å². The van der Waals surface area contributed by atoms with Crippen LogP contribution in [0.15, 0.2) is 97.1 Å². The number of hydrogen-bond donors (Lipinski definition) is 2. The van der Waals surface area contributed by atoms with Crippen LogP contribution in [0.25, 0.3) is 11.1 Å². The second-order valence-electron chi connectivity index (χ2n) is 15.1. The first-order chi connectivity index (χ1) is 33.7. The number of methoxy groups -OCH3 is 10. The molecule has 18 nitrogen and oxygen atoms in total. The summed E-state index contributed by atoms with van der Waals surface area (Å²) in [5.41, 5.74) is 3.96. The molecule has 6 aromatic rings. The predicted octanol–water partition coefficient (Wildman–Crippen LogP) is 8.50. The lowest BCUT2D eigenvalue weighted by Crippen LogP contribution is -2.27. The van der Waals surface area contributed by atoms with Crippen molar-refractivity contribution in [1.82, 2.24) is 0 Å². The van der Waals surface area contributed by atoms with E-state index in [1.807, 2.05) is 0 Å². The normalized spacial score (nSPS) is 10.5. The highest BCUT2D eigenvalue weighted by Gasteiger charge is 2.27. The van der Waals surface area contributed by atoms with Crippen molar-refractivity contribution in [2.45, 2.75) is 0 Å².